The normalized spacial score (nSPS) is 21.9. The number of nitrogens with zero attached hydrogens (tertiary/aromatic N) is 1. The van der Waals surface area contributed by atoms with Gasteiger partial charge in [0.05, 0.1) is 0 Å². The first-order valence-electron chi connectivity index (χ1n) is 20.3. The molecule has 0 aromatic heterocycles. The zero-order chi connectivity index (χ0) is 34.8. The van der Waals surface area contributed by atoms with Crippen LogP contribution in [0.4, 0.5) is 17.1 Å². The lowest BCUT2D eigenvalue weighted by Crippen LogP contribution is -2.29. The van der Waals surface area contributed by atoms with Gasteiger partial charge in [0.25, 0.3) is 0 Å². The first kappa shape index (κ1) is 32.1. The first-order chi connectivity index (χ1) is 25.5. The SMILES string of the molecule is CC1(C)c2ccccc2-c2c(-c3ccc4ccccc4c3)cc(N(c3ccc(C4CCCCC4)cc3)c3ccc(C4CC5CCC4CC5)cc3)cc21. The molecule has 2 bridgehead atoms. The first-order valence-corrected chi connectivity index (χ1v) is 20.3. The number of hydrogen-bond acceptors (Lipinski definition) is 1. The molecule has 11 rings (SSSR count). The van der Waals surface area contributed by atoms with Gasteiger partial charge in [-0.25, -0.2) is 0 Å². The fraction of sp³-hybridized carbons (Fsp3) is 0.333. The van der Waals surface area contributed by atoms with Gasteiger partial charge in [-0.05, 0) is 154 Å². The van der Waals surface area contributed by atoms with Gasteiger partial charge >= 0.3 is 0 Å². The average molecular weight is 678 g/mol. The second-order valence-electron chi connectivity index (χ2n) is 17.1. The Kier molecular flexibility index (Phi) is 7.89. The summed E-state index contributed by atoms with van der Waals surface area (Å²) >= 11 is 0. The molecule has 52 heavy (non-hydrogen) atoms. The molecule has 0 amide bonds. The third kappa shape index (κ3) is 5.42. The predicted octanol–water partition coefficient (Wildman–Crippen LogP) is 14.6. The molecule has 4 saturated carbocycles. The zero-order valence-electron chi connectivity index (χ0n) is 31.0. The van der Waals surface area contributed by atoms with Crippen molar-refractivity contribution in [2.75, 3.05) is 4.90 Å². The van der Waals surface area contributed by atoms with Gasteiger partial charge in [-0.2, -0.15) is 0 Å². The minimum absolute atomic E-state index is 0.117. The molecule has 1 atom stereocenters. The minimum atomic E-state index is -0.117. The van der Waals surface area contributed by atoms with Gasteiger partial charge in [-0.3, -0.25) is 0 Å². The van der Waals surface area contributed by atoms with Crippen molar-refractivity contribution in [1.82, 2.24) is 0 Å². The van der Waals surface area contributed by atoms with E-state index < -0.39 is 0 Å². The van der Waals surface area contributed by atoms with E-state index in [1.165, 1.54) is 131 Å². The number of fused-ring (bicyclic) bond motifs is 7. The highest BCUT2D eigenvalue weighted by molar-refractivity contribution is 5.98. The molecule has 5 aliphatic rings. The van der Waals surface area contributed by atoms with Gasteiger partial charge in [0, 0.05) is 22.5 Å². The molecule has 0 radical (unpaired) electrons. The van der Waals surface area contributed by atoms with E-state index in [9.17, 15) is 0 Å². The maximum atomic E-state index is 2.55. The molecule has 5 aliphatic carbocycles. The lowest BCUT2D eigenvalue weighted by Gasteiger charge is -2.42. The Morgan fingerprint density at radius 1 is 0.519 bits per heavy atom. The van der Waals surface area contributed by atoms with Crippen LogP contribution in [0.15, 0.2) is 127 Å². The van der Waals surface area contributed by atoms with Crippen LogP contribution in [-0.2, 0) is 5.41 Å². The molecular weight excluding hydrogens is 627 g/mol. The summed E-state index contributed by atoms with van der Waals surface area (Å²) in [5, 5.41) is 2.57. The Labute approximate surface area is 310 Å². The molecule has 1 heteroatoms. The van der Waals surface area contributed by atoms with E-state index >= 15 is 0 Å². The van der Waals surface area contributed by atoms with Crippen LogP contribution in [0.25, 0.3) is 33.0 Å². The summed E-state index contributed by atoms with van der Waals surface area (Å²) < 4.78 is 0. The van der Waals surface area contributed by atoms with Gasteiger partial charge in [0.1, 0.15) is 0 Å². The molecule has 1 nitrogen and oxygen atoms in total. The third-order valence-electron chi connectivity index (χ3n) is 13.8. The smallest absolute Gasteiger partial charge is 0.0471 e. The molecule has 0 N–H and O–H groups in total. The molecule has 6 aromatic carbocycles. The number of benzene rings is 6. The average Bonchev–Trinajstić information content (AvgIpc) is 3.44. The Bertz CT molecular complexity index is 2240. The van der Waals surface area contributed by atoms with E-state index in [0.29, 0.717) is 5.92 Å². The van der Waals surface area contributed by atoms with E-state index in [4.69, 9.17) is 0 Å². The molecular formula is C51H51N. The van der Waals surface area contributed by atoms with Crippen LogP contribution in [0.1, 0.15) is 112 Å². The Morgan fingerprint density at radius 2 is 1.19 bits per heavy atom. The topological polar surface area (TPSA) is 3.24 Å². The van der Waals surface area contributed by atoms with Crippen molar-refractivity contribution in [3.63, 3.8) is 0 Å². The summed E-state index contributed by atoms with van der Waals surface area (Å²) in [5.41, 5.74) is 14.8. The van der Waals surface area contributed by atoms with Crippen LogP contribution in [-0.4, -0.2) is 0 Å². The fourth-order valence-electron chi connectivity index (χ4n) is 11.0. The van der Waals surface area contributed by atoms with Crippen molar-refractivity contribution in [3.8, 4) is 22.3 Å². The van der Waals surface area contributed by atoms with Crippen molar-refractivity contribution in [3.05, 3.63) is 150 Å². The van der Waals surface area contributed by atoms with Crippen molar-refractivity contribution < 1.29 is 0 Å². The number of anilines is 3. The second-order valence-corrected chi connectivity index (χ2v) is 17.1. The Balaban J connectivity index is 1.14. The summed E-state index contributed by atoms with van der Waals surface area (Å²) in [6.45, 7) is 4.84. The van der Waals surface area contributed by atoms with E-state index in [2.05, 4.69) is 146 Å². The number of rotatable bonds is 6. The van der Waals surface area contributed by atoms with E-state index in [-0.39, 0.29) is 5.41 Å². The lowest BCUT2D eigenvalue weighted by atomic mass is 9.63. The third-order valence-corrected chi connectivity index (χ3v) is 13.8. The summed E-state index contributed by atoms with van der Waals surface area (Å²) in [4.78, 5) is 2.55. The van der Waals surface area contributed by atoms with Gasteiger partial charge in [0.2, 0.25) is 0 Å². The number of hydrogen-bond donors (Lipinski definition) is 0. The van der Waals surface area contributed by atoms with E-state index in [1.807, 2.05) is 0 Å². The van der Waals surface area contributed by atoms with Gasteiger partial charge in [-0.1, -0.05) is 131 Å². The quantitative estimate of drug-likeness (QED) is 0.170. The molecule has 0 spiro atoms. The maximum absolute atomic E-state index is 2.55. The monoisotopic (exact) mass is 677 g/mol. The van der Waals surface area contributed by atoms with Crippen LogP contribution in [0.2, 0.25) is 0 Å². The summed E-state index contributed by atoms with van der Waals surface area (Å²) in [5.74, 6) is 3.22. The van der Waals surface area contributed by atoms with Gasteiger partial charge < -0.3 is 4.90 Å². The zero-order valence-corrected chi connectivity index (χ0v) is 31.0. The standard InChI is InChI=1S/C51H51N/c1-51(2)48-15-9-8-14-45(48)50-47(41-21-20-36-12-6-7-13-40(36)31-41)32-44(33-49(50)51)52(42-26-22-37(23-27-42)35-10-4-3-5-11-35)43-28-24-39(25-29-43)46-30-34-16-18-38(46)19-17-34/h6-9,12-15,20-29,31-35,38,46H,3-5,10-11,16-19,30H2,1-2H3. The Morgan fingerprint density at radius 3 is 1.90 bits per heavy atom. The summed E-state index contributed by atoms with van der Waals surface area (Å²) in [6.07, 6.45) is 13.9. The highest BCUT2D eigenvalue weighted by Gasteiger charge is 2.39. The lowest BCUT2D eigenvalue weighted by molar-refractivity contribution is 0.145. The molecule has 260 valence electrons. The molecule has 0 heterocycles. The highest BCUT2D eigenvalue weighted by atomic mass is 15.1. The molecule has 4 fully saturated rings. The van der Waals surface area contributed by atoms with E-state index in [0.717, 1.165) is 17.8 Å². The van der Waals surface area contributed by atoms with Crippen LogP contribution >= 0.6 is 0 Å². The van der Waals surface area contributed by atoms with Crippen molar-refractivity contribution in [1.29, 1.82) is 0 Å². The largest absolute Gasteiger partial charge is 0.310 e. The predicted molar refractivity (Wildman–Crippen MR) is 220 cm³/mol. The van der Waals surface area contributed by atoms with Crippen LogP contribution < -0.4 is 4.90 Å². The van der Waals surface area contributed by atoms with Gasteiger partial charge in [0.15, 0.2) is 0 Å². The van der Waals surface area contributed by atoms with Crippen LogP contribution in [0.3, 0.4) is 0 Å². The van der Waals surface area contributed by atoms with Crippen molar-refractivity contribution in [2.24, 2.45) is 11.8 Å². The highest BCUT2D eigenvalue weighted by Crippen LogP contribution is 2.55. The second kappa shape index (κ2) is 12.8. The molecule has 0 saturated heterocycles. The maximum Gasteiger partial charge on any atom is 0.0471 e. The molecule has 6 aromatic rings. The minimum Gasteiger partial charge on any atom is -0.310 e. The van der Waals surface area contributed by atoms with Crippen molar-refractivity contribution in [2.45, 2.75) is 95.3 Å². The van der Waals surface area contributed by atoms with Gasteiger partial charge in [-0.15, -0.1) is 0 Å². The van der Waals surface area contributed by atoms with Crippen LogP contribution in [0, 0.1) is 11.8 Å². The fourth-order valence-corrected chi connectivity index (χ4v) is 11.0. The summed E-state index contributed by atoms with van der Waals surface area (Å²) in [7, 11) is 0. The molecule has 1 unspecified atom stereocenters. The van der Waals surface area contributed by atoms with E-state index in [1.54, 1.807) is 5.56 Å². The Hall–Kier alpha value is -4.62. The van der Waals surface area contributed by atoms with Crippen LogP contribution in [0.5, 0.6) is 0 Å². The molecule has 0 aliphatic heterocycles. The van der Waals surface area contributed by atoms with Crippen molar-refractivity contribution >= 4 is 27.8 Å². The summed E-state index contributed by atoms with van der Waals surface area (Å²) in [6, 6.07) is 49.4.